The lowest BCUT2D eigenvalue weighted by Crippen LogP contribution is -2.15. The van der Waals surface area contributed by atoms with E-state index in [1.54, 1.807) is 6.07 Å². The quantitative estimate of drug-likeness (QED) is 0.325. The van der Waals surface area contributed by atoms with Crippen molar-refractivity contribution in [3.8, 4) is 11.4 Å². The van der Waals surface area contributed by atoms with Crippen molar-refractivity contribution in [3.63, 3.8) is 0 Å². The summed E-state index contributed by atoms with van der Waals surface area (Å²) in [6, 6.07) is 5.74. The molecule has 0 unspecified atom stereocenters. The maximum Gasteiger partial charge on any atom is 0.442 e. The van der Waals surface area contributed by atoms with Gasteiger partial charge in [0.2, 0.25) is 5.89 Å². The molecule has 0 spiro atoms. The highest BCUT2D eigenvalue weighted by atomic mass is 35.5. The van der Waals surface area contributed by atoms with Crippen LogP contribution in [0.5, 0.6) is 5.75 Å². The van der Waals surface area contributed by atoms with Gasteiger partial charge in [0, 0.05) is 16.5 Å². The molecule has 0 bridgehead atoms. The number of aromatic carboxylic acids is 1. The first-order chi connectivity index (χ1) is 15.6. The normalized spacial score (nSPS) is 11.3. The Kier molecular flexibility index (Phi) is 9.36. The van der Waals surface area contributed by atoms with E-state index in [-0.39, 0.29) is 37.2 Å². The molecule has 184 valence electrons. The van der Waals surface area contributed by atoms with Crippen LogP contribution in [0.2, 0.25) is 25.1 Å². The molecule has 0 saturated heterocycles. The van der Waals surface area contributed by atoms with Crippen LogP contribution in [0.3, 0.4) is 0 Å². The fourth-order valence-corrected chi connectivity index (χ4v) is 3.66. The number of carboxylic acid groups (broad SMARTS) is 1. The van der Waals surface area contributed by atoms with E-state index in [0.717, 1.165) is 4.68 Å². The van der Waals surface area contributed by atoms with Crippen LogP contribution < -0.4 is 10.5 Å². The van der Waals surface area contributed by atoms with Gasteiger partial charge in [-0.25, -0.2) is 9.59 Å². The van der Waals surface area contributed by atoms with Crippen LogP contribution >= 0.6 is 58.0 Å². The first-order valence-corrected chi connectivity index (χ1v) is 11.6. The highest BCUT2D eigenvalue weighted by Crippen LogP contribution is 2.33. The van der Waals surface area contributed by atoms with Crippen LogP contribution in [0.1, 0.15) is 50.9 Å². The minimum Gasteiger partial charge on any atom is -0.489 e. The number of rotatable bonds is 4. The van der Waals surface area contributed by atoms with E-state index in [2.05, 4.69) is 5.10 Å². The summed E-state index contributed by atoms with van der Waals surface area (Å²) in [6.45, 7) is 9.47. The van der Waals surface area contributed by atoms with E-state index in [9.17, 15) is 9.59 Å². The molecule has 2 aromatic carbocycles. The molecule has 1 aromatic heterocycles. The number of carbonyl (C=O) groups is 1. The highest BCUT2D eigenvalue weighted by Gasteiger charge is 2.24. The van der Waals surface area contributed by atoms with Crippen molar-refractivity contribution >= 4 is 64.0 Å². The van der Waals surface area contributed by atoms with Crippen molar-refractivity contribution < 1.29 is 19.1 Å². The Morgan fingerprint density at radius 2 is 1.65 bits per heavy atom. The molecular weight excluding hydrogens is 550 g/mol. The summed E-state index contributed by atoms with van der Waals surface area (Å²) in [5, 5.41) is 13.9. The number of carboxylic acids is 1. The number of ether oxygens (including phenoxy) is 1. The monoisotopic (exact) mass is 568 g/mol. The lowest BCUT2D eigenvalue weighted by atomic mass is 9.97. The second-order valence-electron chi connectivity index (χ2n) is 8.29. The largest absolute Gasteiger partial charge is 0.489 e. The van der Waals surface area contributed by atoms with E-state index >= 15 is 0 Å². The number of nitrogens with zero attached hydrogens (tertiary/aromatic N) is 2. The number of hydrogen-bond donors (Lipinski definition) is 1. The van der Waals surface area contributed by atoms with Gasteiger partial charge in [-0.1, -0.05) is 78.8 Å². The van der Waals surface area contributed by atoms with Crippen LogP contribution in [-0.2, 0) is 5.41 Å². The zero-order valence-corrected chi connectivity index (χ0v) is 22.5. The number of hydrogen-bond acceptors (Lipinski definition) is 5. The Morgan fingerprint density at radius 3 is 2.15 bits per heavy atom. The van der Waals surface area contributed by atoms with Gasteiger partial charge in [-0.05, 0) is 32.0 Å². The average Bonchev–Trinajstić information content (AvgIpc) is 3.09. The van der Waals surface area contributed by atoms with Crippen molar-refractivity contribution in [1.29, 1.82) is 0 Å². The Morgan fingerprint density at radius 1 is 1.03 bits per heavy atom. The average molecular weight is 571 g/mol. The third kappa shape index (κ3) is 7.06. The summed E-state index contributed by atoms with van der Waals surface area (Å²) in [4.78, 5) is 22.6. The fraction of sp³-hybridized carbons (Fsp3) is 0.318. The smallest absolute Gasteiger partial charge is 0.442 e. The summed E-state index contributed by atoms with van der Waals surface area (Å²) >= 11 is 29.0. The molecule has 0 amide bonds. The van der Waals surface area contributed by atoms with Crippen molar-refractivity contribution in [2.75, 3.05) is 0 Å². The molecule has 0 atom stereocenters. The second-order valence-corrected chi connectivity index (χ2v) is 10.3. The molecule has 0 fully saturated rings. The topological polar surface area (TPSA) is 94.6 Å². The van der Waals surface area contributed by atoms with Gasteiger partial charge in [0.1, 0.15) is 5.75 Å². The Balaban J connectivity index is 0.000000287. The first-order valence-electron chi connectivity index (χ1n) is 9.76. The third-order valence-corrected chi connectivity index (χ3v) is 5.62. The third-order valence-electron chi connectivity index (χ3n) is 4.00. The first kappa shape index (κ1) is 28.3. The molecule has 0 aliphatic carbocycles. The van der Waals surface area contributed by atoms with Gasteiger partial charge in [0.05, 0.1) is 37.4 Å². The van der Waals surface area contributed by atoms with Gasteiger partial charge in [0.15, 0.2) is 0 Å². The van der Waals surface area contributed by atoms with E-state index < -0.39 is 11.7 Å². The maximum atomic E-state index is 12.1. The van der Waals surface area contributed by atoms with Crippen LogP contribution in [0, 0.1) is 0 Å². The molecule has 12 heteroatoms. The summed E-state index contributed by atoms with van der Waals surface area (Å²) < 4.78 is 11.9. The number of halogens is 5. The van der Waals surface area contributed by atoms with E-state index in [1.807, 2.05) is 34.6 Å². The Hall–Kier alpha value is -1.90. The lowest BCUT2D eigenvalue weighted by molar-refractivity contribution is 0.0697. The predicted octanol–water partition coefficient (Wildman–Crippen LogP) is 7.56. The Labute approximate surface area is 221 Å². The minimum atomic E-state index is -1.15. The standard InChI is InChI=1S/C15H18Cl2N2O3.C7H3Cl3O2/c1-8(2)21-12-7-11(9(16)6-10(12)17)19-14(20)22-13(18-19)15(3,4)5;8-3-1-4(7(11)12)6(10)5(9)2-3/h6-8H,1-5H3;1-2H,(H,11,12). The van der Waals surface area contributed by atoms with Crippen LogP contribution in [-0.4, -0.2) is 27.0 Å². The van der Waals surface area contributed by atoms with Gasteiger partial charge in [-0.2, -0.15) is 4.68 Å². The molecule has 1 N–H and O–H groups in total. The van der Waals surface area contributed by atoms with Crippen molar-refractivity contribution in [3.05, 3.63) is 71.4 Å². The predicted molar refractivity (Wildman–Crippen MR) is 135 cm³/mol. The zero-order valence-electron chi connectivity index (χ0n) is 18.8. The second kappa shape index (κ2) is 11.2. The van der Waals surface area contributed by atoms with Gasteiger partial charge in [-0.3, -0.25) is 0 Å². The molecule has 3 rings (SSSR count). The van der Waals surface area contributed by atoms with Gasteiger partial charge in [0.25, 0.3) is 0 Å². The number of benzene rings is 2. The fourth-order valence-electron chi connectivity index (χ4n) is 2.47. The molecule has 1 heterocycles. The SMILES string of the molecule is CC(C)Oc1cc(-n2nc(C(C)(C)C)oc2=O)c(Cl)cc1Cl.O=C(O)c1cc(Cl)cc(Cl)c1Cl. The molecule has 7 nitrogen and oxygen atoms in total. The molecule has 3 aromatic rings. The van der Waals surface area contributed by atoms with Crippen LogP contribution in [0.25, 0.3) is 5.69 Å². The van der Waals surface area contributed by atoms with Gasteiger partial charge in [-0.15, -0.1) is 5.10 Å². The summed E-state index contributed by atoms with van der Waals surface area (Å²) in [7, 11) is 0. The molecule has 0 aliphatic heterocycles. The summed E-state index contributed by atoms with van der Waals surface area (Å²) in [5.41, 5.74) is -0.110. The summed E-state index contributed by atoms with van der Waals surface area (Å²) in [6.07, 6.45) is -0.0642. The zero-order chi connectivity index (χ0) is 26.0. The van der Waals surface area contributed by atoms with Crippen molar-refractivity contribution in [2.24, 2.45) is 0 Å². The van der Waals surface area contributed by atoms with Crippen molar-refractivity contribution in [1.82, 2.24) is 9.78 Å². The lowest BCUT2D eigenvalue weighted by Gasteiger charge is -2.13. The van der Waals surface area contributed by atoms with E-state index in [0.29, 0.717) is 22.4 Å². The molecular formula is C22H21Cl5N2O5. The maximum absolute atomic E-state index is 12.1. The summed E-state index contributed by atoms with van der Waals surface area (Å²) in [5.74, 6) is -0.993. The molecule has 0 aliphatic rings. The molecule has 34 heavy (non-hydrogen) atoms. The van der Waals surface area contributed by atoms with Gasteiger partial charge < -0.3 is 14.3 Å². The van der Waals surface area contributed by atoms with Gasteiger partial charge >= 0.3 is 11.7 Å². The number of aromatic nitrogens is 2. The van der Waals surface area contributed by atoms with Crippen LogP contribution in [0.4, 0.5) is 0 Å². The highest BCUT2D eigenvalue weighted by molar-refractivity contribution is 6.45. The molecule has 0 radical (unpaired) electrons. The minimum absolute atomic E-state index is 0.00793. The van der Waals surface area contributed by atoms with Crippen LogP contribution in [0.15, 0.2) is 33.5 Å². The molecule has 0 saturated carbocycles. The van der Waals surface area contributed by atoms with Crippen molar-refractivity contribution in [2.45, 2.75) is 46.1 Å². The Bertz CT molecular complexity index is 1260. The van der Waals surface area contributed by atoms with E-state index in [4.69, 9.17) is 72.3 Å². The van der Waals surface area contributed by atoms with E-state index in [1.165, 1.54) is 18.2 Å².